The molecule has 0 amide bonds. The summed E-state index contributed by atoms with van der Waals surface area (Å²) in [6, 6.07) is 0. The summed E-state index contributed by atoms with van der Waals surface area (Å²) >= 11 is 0. The molecular weight excluding hydrogens is 207 g/mol. The van der Waals surface area contributed by atoms with Crippen molar-refractivity contribution in [3.8, 4) is 0 Å². The predicted molar refractivity (Wildman–Crippen MR) is 51.2 cm³/mol. The van der Waals surface area contributed by atoms with Crippen molar-refractivity contribution >= 4 is 13.3 Å². The van der Waals surface area contributed by atoms with Gasteiger partial charge in [-0.05, 0) is 6.92 Å². The molecule has 0 aromatic rings. The predicted octanol–water partition coefficient (Wildman–Crippen LogP) is 1.47. The van der Waals surface area contributed by atoms with E-state index >= 15 is 0 Å². The van der Waals surface area contributed by atoms with Crippen molar-refractivity contribution < 1.29 is 23.6 Å². The zero-order chi connectivity index (χ0) is 11.4. The molecule has 0 bridgehead atoms. The number of rotatable bonds is 6. The van der Waals surface area contributed by atoms with E-state index in [0.29, 0.717) is 0 Å². The fourth-order valence-electron chi connectivity index (χ4n) is 0.796. The molecule has 1 unspecified atom stereocenters. The summed E-state index contributed by atoms with van der Waals surface area (Å²) < 4.78 is 26.0. The Bertz CT molecular complexity index is 248. The van der Waals surface area contributed by atoms with E-state index in [2.05, 4.69) is 6.58 Å². The Morgan fingerprint density at radius 2 is 1.57 bits per heavy atom. The molecule has 0 spiro atoms. The average Bonchev–Trinajstić information content (AvgIpc) is 2.19. The van der Waals surface area contributed by atoms with Crippen LogP contribution in [0.4, 0.5) is 0 Å². The third kappa shape index (κ3) is 2.45. The molecule has 0 heterocycles. The zero-order valence-electron chi connectivity index (χ0n) is 8.70. The first kappa shape index (κ1) is 13.4. The van der Waals surface area contributed by atoms with E-state index in [9.17, 15) is 9.36 Å². The van der Waals surface area contributed by atoms with E-state index in [1.54, 1.807) is 0 Å². The number of ether oxygens (including phenoxy) is 3. The van der Waals surface area contributed by atoms with Crippen molar-refractivity contribution in [2.24, 2.45) is 0 Å². The normalized spacial score (nSPS) is 12.4. The summed E-state index contributed by atoms with van der Waals surface area (Å²) in [5, 5.41) is 0. The van der Waals surface area contributed by atoms with E-state index < -0.39 is 19.0 Å². The molecule has 5 nitrogen and oxygen atoms in total. The molecule has 0 aromatic heterocycles. The zero-order valence-corrected chi connectivity index (χ0v) is 9.59. The van der Waals surface area contributed by atoms with Gasteiger partial charge in [0.05, 0.1) is 0 Å². The van der Waals surface area contributed by atoms with Gasteiger partial charge in [0.2, 0.25) is 0 Å². The van der Waals surface area contributed by atoms with Gasteiger partial charge in [0.15, 0.2) is 0 Å². The fourth-order valence-corrected chi connectivity index (χ4v) is 1.89. The lowest BCUT2D eigenvalue weighted by atomic mass is 10.4. The molecule has 1 atom stereocenters. The molecule has 0 saturated carbocycles. The molecule has 0 saturated heterocycles. The largest absolute Gasteiger partial charge is 0.520 e. The van der Waals surface area contributed by atoms with Gasteiger partial charge < -0.3 is 0 Å². The smallest absolute Gasteiger partial charge is 0.289 e. The van der Waals surface area contributed by atoms with Crippen LogP contribution >= 0.6 is 7.80 Å². The quantitative estimate of drug-likeness (QED) is 0.386. The van der Waals surface area contributed by atoms with E-state index in [4.69, 9.17) is 14.2 Å². The standard InChI is InChI=1S/C8H14O5P/c1-6(2)7(9)14(10)8(11-3,12-4)13-5/h1H2,2-5H3/q+1. The minimum Gasteiger partial charge on any atom is -0.289 e. The Labute approximate surface area is 83.8 Å². The molecule has 0 radical (unpaired) electrons. The second-order valence-electron chi connectivity index (χ2n) is 2.52. The Kier molecular flexibility index (Phi) is 5.08. The van der Waals surface area contributed by atoms with Gasteiger partial charge in [0.1, 0.15) is 0 Å². The number of methoxy groups -OCH3 is 3. The van der Waals surface area contributed by atoms with Gasteiger partial charge in [0, 0.05) is 26.9 Å². The molecule has 0 aliphatic carbocycles. The van der Waals surface area contributed by atoms with Gasteiger partial charge in [-0.3, -0.25) is 14.2 Å². The highest BCUT2D eigenvalue weighted by molar-refractivity contribution is 7.65. The summed E-state index contributed by atoms with van der Waals surface area (Å²) in [5.41, 5.74) is -2.28. The summed E-state index contributed by atoms with van der Waals surface area (Å²) in [5.74, 6) is 0. The van der Waals surface area contributed by atoms with Crippen LogP contribution in [0.5, 0.6) is 0 Å². The topological polar surface area (TPSA) is 61.8 Å². The molecule has 0 aliphatic heterocycles. The molecule has 0 fully saturated rings. The molecule has 6 heteroatoms. The molecule has 0 N–H and O–H groups in total. The van der Waals surface area contributed by atoms with E-state index in [-0.39, 0.29) is 5.57 Å². The van der Waals surface area contributed by atoms with E-state index in [0.717, 1.165) is 0 Å². The van der Waals surface area contributed by atoms with Crippen LogP contribution in [0.3, 0.4) is 0 Å². The minimum atomic E-state index is -2.48. The van der Waals surface area contributed by atoms with Crippen LogP contribution < -0.4 is 0 Å². The number of hydrogen-bond donors (Lipinski definition) is 0. The number of allylic oxidation sites excluding steroid dienone is 1. The van der Waals surface area contributed by atoms with Gasteiger partial charge in [-0.2, -0.15) is 0 Å². The Hall–Kier alpha value is -0.610. The second-order valence-corrected chi connectivity index (χ2v) is 4.06. The van der Waals surface area contributed by atoms with Crippen LogP contribution in [0.2, 0.25) is 0 Å². The second kappa shape index (κ2) is 5.32. The molecule has 0 aromatic carbocycles. The summed E-state index contributed by atoms with van der Waals surface area (Å²) in [6.45, 7) is 4.85. The lowest BCUT2D eigenvalue weighted by Gasteiger charge is -2.16. The van der Waals surface area contributed by atoms with E-state index in [1.165, 1.54) is 28.3 Å². The van der Waals surface area contributed by atoms with Crippen LogP contribution in [0.1, 0.15) is 6.92 Å². The van der Waals surface area contributed by atoms with Gasteiger partial charge in [-0.1, -0.05) is 11.1 Å². The summed E-state index contributed by atoms with van der Waals surface area (Å²) in [7, 11) is 1.24. The van der Waals surface area contributed by atoms with Gasteiger partial charge >= 0.3 is 19.0 Å². The lowest BCUT2D eigenvalue weighted by Crippen LogP contribution is -2.33. The summed E-state index contributed by atoms with van der Waals surface area (Å²) in [4.78, 5) is 11.3. The maximum absolute atomic E-state index is 11.7. The highest BCUT2D eigenvalue weighted by atomic mass is 31.1. The van der Waals surface area contributed by atoms with Crippen molar-refractivity contribution in [3.05, 3.63) is 12.2 Å². The van der Waals surface area contributed by atoms with Gasteiger partial charge in [-0.25, -0.2) is 4.79 Å². The fraction of sp³-hybridized carbons (Fsp3) is 0.625. The highest BCUT2D eigenvalue weighted by Gasteiger charge is 2.58. The van der Waals surface area contributed by atoms with Crippen LogP contribution in [0.25, 0.3) is 0 Å². The first-order valence-electron chi connectivity index (χ1n) is 3.77. The average molecular weight is 221 g/mol. The third-order valence-electron chi connectivity index (χ3n) is 1.57. The molecule has 14 heavy (non-hydrogen) atoms. The highest BCUT2D eigenvalue weighted by Crippen LogP contribution is 2.43. The van der Waals surface area contributed by atoms with Gasteiger partial charge in [-0.15, -0.1) is 0 Å². The number of carbonyl (C=O) groups excluding carboxylic acids is 1. The lowest BCUT2D eigenvalue weighted by molar-refractivity contribution is -0.289. The SMILES string of the molecule is C=C(C)C(=O)[P+](=O)C(OC)(OC)OC. The van der Waals surface area contributed by atoms with E-state index in [1.807, 2.05) is 0 Å². The van der Waals surface area contributed by atoms with Crippen LogP contribution in [-0.2, 0) is 23.6 Å². The minimum absolute atomic E-state index is 0.168. The van der Waals surface area contributed by atoms with Crippen molar-refractivity contribution in [3.63, 3.8) is 0 Å². The van der Waals surface area contributed by atoms with Gasteiger partial charge in [0.25, 0.3) is 0 Å². The third-order valence-corrected chi connectivity index (χ3v) is 3.37. The molecule has 0 aliphatic rings. The Balaban J connectivity index is 4.95. The number of hydrogen-bond acceptors (Lipinski definition) is 5. The molecule has 0 rings (SSSR count). The first-order chi connectivity index (χ1) is 6.45. The number of carbonyl (C=O) groups is 1. The Morgan fingerprint density at radius 1 is 1.21 bits per heavy atom. The summed E-state index contributed by atoms with van der Waals surface area (Å²) in [6.07, 6.45) is 0. The maximum Gasteiger partial charge on any atom is 0.520 e. The molecule has 80 valence electrons. The van der Waals surface area contributed by atoms with Crippen LogP contribution in [-0.4, -0.2) is 32.6 Å². The van der Waals surface area contributed by atoms with Crippen molar-refractivity contribution in [1.29, 1.82) is 0 Å². The van der Waals surface area contributed by atoms with Crippen molar-refractivity contribution in [1.82, 2.24) is 0 Å². The maximum atomic E-state index is 11.7. The Morgan fingerprint density at radius 3 is 1.79 bits per heavy atom. The van der Waals surface area contributed by atoms with Crippen LogP contribution in [0.15, 0.2) is 12.2 Å². The monoisotopic (exact) mass is 221 g/mol. The first-order valence-corrected chi connectivity index (χ1v) is 5.03. The van der Waals surface area contributed by atoms with Crippen LogP contribution in [0, 0.1) is 0 Å². The molecular formula is C8H14O5P+. The van der Waals surface area contributed by atoms with Crippen molar-refractivity contribution in [2.45, 2.75) is 12.6 Å². The van der Waals surface area contributed by atoms with Crippen molar-refractivity contribution in [2.75, 3.05) is 21.3 Å².